The average molecular weight is 313 g/mol. The SMILES string of the molecule is O=C(CCCn1ccnc1)NC1CCCN(c2ccccn2)C1. The van der Waals surface area contributed by atoms with Crippen LogP contribution < -0.4 is 10.2 Å². The fourth-order valence-corrected chi connectivity index (χ4v) is 2.98. The van der Waals surface area contributed by atoms with Gasteiger partial charge in [-0.15, -0.1) is 0 Å². The number of pyridine rings is 1. The molecule has 0 radical (unpaired) electrons. The Hall–Kier alpha value is -2.37. The summed E-state index contributed by atoms with van der Waals surface area (Å²) in [7, 11) is 0. The zero-order valence-electron chi connectivity index (χ0n) is 13.3. The summed E-state index contributed by atoms with van der Waals surface area (Å²) in [6, 6.07) is 6.16. The number of piperidine rings is 1. The van der Waals surface area contributed by atoms with Crippen molar-refractivity contribution in [2.24, 2.45) is 0 Å². The summed E-state index contributed by atoms with van der Waals surface area (Å²) in [4.78, 5) is 22.8. The van der Waals surface area contributed by atoms with E-state index in [4.69, 9.17) is 0 Å². The number of hydrogen-bond acceptors (Lipinski definition) is 4. The first-order valence-electron chi connectivity index (χ1n) is 8.22. The van der Waals surface area contributed by atoms with Crippen molar-refractivity contribution in [3.63, 3.8) is 0 Å². The third-order valence-corrected chi connectivity index (χ3v) is 4.14. The Bertz CT molecular complexity index is 599. The zero-order chi connectivity index (χ0) is 15.9. The van der Waals surface area contributed by atoms with Crippen LogP contribution in [0.1, 0.15) is 25.7 Å². The number of imidazole rings is 1. The van der Waals surface area contributed by atoms with Crippen molar-refractivity contribution in [2.75, 3.05) is 18.0 Å². The molecule has 0 spiro atoms. The number of hydrogen-bond donors (Lipinski definition) is 1. The Morgan fingerprint density at radius 3 is 3.09 bits per heavy atom. The van der Waals surface area contributed by atoms with Gasteiger partial charge in [-0.1, -0.05) is 6.07 Å². The van der Waals surface area contributed by atoms with E-state index in [9.17, 15) is 4.79 Å². The predicted molar refractivity (Wildman–Crippen MR) is 89.1 cm³/mol. The van der Waals surface area contributed by atoms with Crippen LogP contribution in [0.2, 0.25) is 0 Å². The van der Waals surface area contributed by atoms with E-state index in [2.05, 4.69) is 20.2 Å². The van der Waals surface area contributed by atoms with Crippen molar-refractivity contribution in [3.05, 3.63) is 43.1 Å². The molecule has 6 nitrogen and oxygen atoms in total. The second-order valence-corrected chi connectivity index (χ2v) is 5.94. The van der Waals surface area contributed by atoms with Gasteiger partial charge in [0.1, 0.15) is 5.82 Å². The zero-order valence-corrected chi connectivity index (χ0v) is 13.3. The van der Waals surface area contributed by atoms with Crippen molar-refractivity contribution in [1.29, 1.82) is 0 Å². The number of aryl methyl sites for hydroxylation is 1. The van der Waals surface area contributed by atoms with Gasteiger partial charge in [0.05, 0.1) is 6.33 Å². The molecule has 1 aliphatic rings. The number of nitrogens with zero attached hydrogens (tertiary/aromatic N) is 4. The molecule has 0 saturated carbocycles. The molecule has 1 unspecified atom stereocenters. The molecule has 1 fully saturated rings. The summed E-state index contributed by atoms with van der Waals surface area (Å²) < 4.78 is 2.00. The van der Waals surface area contributed by atoms with Gasteiger partial charge < -0.3 is 14.8 Å². The molecule has 0 bridgehead atoms. The summed E-state index contributed by atoms with van der Waals surface area (Å²) in [5.41, 5.74) is 0. The third kappa shape index (κ3) is 4.55. The Morgan fingerprint density at radius 2 is 2.30 bits per heavy atom. The van der Waals surface area contributed by atoms with Crippen LogP contribution in [-0.4, -0.2) is 39.6 Å². The molecule has 1 aliphatic heterocycles. The highest BCUT2D eigenvalue weighted by Gasteiger charge is 2.21. The molecule has 122 valence electrons. The number of anilines is 1. The molecule has 6 heteroatoms. The molecule has 3 heterocycles. The summed E-state index contributed by atoms with van der Waals surface area (Å²) >= 11 is 0. The van der Waals surface area contributed by atoms with Gasteiger partial charge in [-0.3, -0.25) is 4.79 Å². The van der Waals surface area contributed by atoms with Crippen LogP contribution in [0, 0.1) is 0 Å². The maximum atomic E-state index is 12.1. The highest BCUT2D eigenvalue weighted by Crippen LogP contribution is 2.17. The highest BCUT2D eigenvalue weighted by atomic mass is 16.1. The maximum Gasteiger partial charge on any atom is 0.220 e. The van der Waals surface area contributed by atoms with Crippen molar-refractivity contribution in [3.8, 4) is 0 Å². The third-order valence-electron chi connectivity index (χ3n) is 4.14. The van der Waals surface area contributed by atoms with Gasteiger partial charge in [0.25, 0.3) is 0 Å². The molecule has 2 aromatic heterocycles. The van der Waals surface area contributed by atoms with Gasteiger partial charge in [0, 0.05) is 50.7 Å². The molecule has 1 amide bonds. The number of amides is 1. The van der Waals surface area contributed by atoms with Crippen molar-refractivity contribution < 1.29 is 4.79 Å². The Kier molecular flexibility index (Phi) is 5.24. The Morgan fingerprint density at radius 1 is 1.35 bits per heavy atom. The van der Waals surface area contributed by atoms with Crippen LogP contribution in [-0.2, 0) is 11.3 Å². The quantitative estimate of drug-likeness (QED) is 0.884. The van der Waals surface area contributed by atoms with E-state index in [-0.39, 0.29) is 11.9 Å². The van der Waals surface area contributed by atoms with Gasteiger partial charge in [0.15, 0.2) is 0 Å². The van der Waals surface area contributed by atoms with Gasteiger partial charge in [-0.05, 0) is 31.4 Å². The van der Waals surface area contributed by atoms with Crippen molar-refractivity contribution >= 4 is 11.7 Å². The topological polar surface area (TPSA) is 63.1 Å². The van der Waals surface area contributed by atoms with E-state index in [1.165, 1.54) is 0 Å². The molecule has 1 saturated heterocycles. The van der Waals surface area contributed by atoms with E-state index in [1.54, 1.807) is 12.5 Å². The standard InChI is InChI=1S/C17H23N5O/c23-17(7-4-10-21-12-9-18-14-21)20-15-5-3-11-22(13-15)16-6-1-2-8-19-16/h1-2,6,8-9,12,14-15H,3-5,7,10-11,13H2,(H,20,23). The lowest BCUT2D eigenvalue weighted by Crippen LogP contribution is -2.48. The number of nitrogens with one attached hydrogen (secondary N) is 1. The average Bonchev–Trinajstić information content (AvgIpc) is 3.09. The van der Waals surface area contributed by atoms with Crippen LogP contribution in [0.5, 0.6) is 0 Å². The first-order chi connectivity index (χ1) is 11.3. The largest absolute Gasteiger partial charge is 0.355 e. The normalized spacial score (nSPS) is 17.9. The van der Waals surface area contributed by atoms with Gasteiger partial charge >= 0.3 is 0 Å². The predicted octanol–water partition coefficient (Wildman–Crippen LogP) is 1.84. The molecule has 1 atom stereocenters. The highest BCUT2D eigenvalue weighted by molar-refractivity contribution is 5.76. The van der Waals surface area contributed by atoms with E-state index >= 15 is 0 Å². The summed E-state index contributed by atoms with van der Waals surface area (Å²) in [5.74, 6) is 1.13. The lowest BCUT2D eigenvalue weighted by Gasteiger charge is -2.34. The summed E-state index contributed by atoms with van der Waals surface area (Å²) in [6.45, 7) is 2.67. The molecule has 1 N–H and O–H groups in total. The summed E-state index contributed by atoms with van der Waals surface area (Å²) in [6.07, 6.45) is 10.8. The van der Waals surface area contributed by atoms with Crippen LogP contribution in [0.15, 0.2) is 43.1 Å². The molecule has 3 rings (SSSR count). The van der Waals surface area contributed by atoms with E-state index < -0.39 is 0 Å². The summed E-state index contributed by atoms with van der Waals surface area (Å²) in [5, 5.41) is 3.17. The first kappa shape index (κ1) is 15.5. The van der Waals surface area contributed by atoms with Crippen molar-refractivity contribution in [1.82, 2.24) is 19.9 Å². The van der Waals surface area contributed by atoms with Gasteiger partial charge in [-0.25, -0.2) is 9.97 Å². The number of rotatable bonds is 6. The number of carbonyl (C=O) groups is 1. The Balaban J connectivity index is 1.43. The number of aromatic nitrogens is 3. The molecular formula is C17H23N5O. The molecule has 0 aliphatic carbocycles. The maximum absolute atomic E-state index is 12.1. The fourth-order valence-electron chi connectivity index (χ4n) is 2.98. The second-order valence-electron chi connectivity index (χ2n) is 5.94. The van der Waals surface area contributed by atoms with Gasteiger partial charge in [-0.2, -0.15) is 0 Å². The van der Waals surface area contributed by atoms with E-state index in [0.29, 0.717) is 6.42 Å². The molecular weight excluding hydrogens is 290 g/mol. The lowest BCUT2D eigenvalue weighted by atomic mass is 10.1. The van der Waals surface area contributed by atoms with Crippen LogP contribution in [0.25, 0.3) is 0 Å². The second kappa shape index (κ2) is 7.76. The fraction of sp³-hybridized carbons (Fsp3) is 0.471. The van der Waals surface area contributed by atoms with Crippen molar-refractivity contribution in [2.45, 2.75) is 38.3 Å². The monoisotopic (exact) mass is 313 g/mol. The van der Waals surface area contributed by atoms with E-state index in [0.717, 1.165) is 44.7 Å². The molecule has 23 heavy (non-hydrogen) atoms. The first-order valence-corrected chi connectivity index (χ1v) is 8.22. The lowest BCUT2D eigenvalue weighted by molar-refractivity contribution is -0.122. The minimum atomic E-state index is 0.137. The van der Waals surface area contributed by atoms with Gasteiger partial charge in [0.2, 0.25) is 5.91 Å². The van der Waals surface area contributed by atoms with Crippen LogP contribution in [0.3, 0.4) is 0 Å². The molecule has 0 aromatic carbocycles. The number of carbonyl (C=O) groups excluding carboxylic acids is 1. The molecule has 2 aromatic rings. The minimum Gasteiger partial charge on any atom is -0.355 e. The van der Waals surface area contributed by atoms with Crippen LogP contribution >= 0.6 is 0 Å². The minimum absolute atomic E-state index is 0.137. The van der Waals surface area contributed by atoms with Crippen LogP contribution in [0.4, 0.5) is 5.82 Å². The van der Waals surface area contributed by atoms with E-state index in [1.807, 2.05) is 35.2 Å². The smallest absolute Gasteiger partial charge is 0.220 e. The Labute approximate surface area is 136 Å².